The molecule has 1 aliphatic rings. The largest absolute Gasteiger partial charge is 0.251 e. The third-order valence-corrected chi connectivity index (χ3v) is 3.02. The van der Waals surface area contributed by atoms with Crippen LogP contribution in [0.2, 0.25) is 0 Å². The molecule has 0 saturated carbocycles. The maximum Gasteiger partial charge on any atom is 0.131 e. The maximum atomic E-state index is 8.65. The molecule has 0 amide bonds. The van der Waals surface area contributed by atoms with Crippen LogP contribution in [-0.2, 0) is 11.3 Å². The van der Waals surface area contributed by atoms with E-state index in [2.05, 4.69) is 26.9 Å². The molecule has 2 nitrogen and oxygen atoms in total. The van der Waals surface area contributed by atoms with Crippen molar-refractivity contribution in [3.05, 3.63) is 35.4 Å². The van der Waals surface area contributed by atoms with Crippen molar-refractivity contribution >= 4 is 15.9 Å². The van der Waals surface area contributed by atoms with E-state index in [4.69, 9.17) is 5.26 Å². The Labute approximate surface area is 79.2 Å². The van der Waals surface area contributed by atoms with Crippen molar-refractivity contribution < 1.29 is 10.1 Å². The second-order valence-electron chi connectivity index (χ2n) is 2.94. The van der Waals surface area contributed by atoms with E-state index in [1.54, 1.807) is 0 Å². The highest BCUT2D eigenvalue weighted by molar-refractivity contribution is 9.09. The van der Waals surface area contributed by atoms with Gasteiger partial charge in [-0.1, -0.05) is 40.2 Å². The zero-order chi connectivity index (χ0) is 8.55. The minimum absolute atomic E-state index is 0.194. The molecule has 0 saturated heterocycles. The Morgan fingerprint density at radius 2 is 2.17 bits per heavy atom. The number of hydrogen-bond acceptors (Lipinski definition) is 2. The lowest BCUT2D eigenvalue weighted by atomic mass is 10.1. The molecule has 0 spiro atoms. The molecule has 3 heteroatoms. The Balaban J connectivity index is 2.40. The SMILES string of the molecule is OO[C@@H]1c2ccccc2C[C@H]1Br. The smallest absolute Gasteiger partial charge is 0.131 e. The molecule has 1 aliphatic carbocycles. The van der Waals surface area contributed by atoms with Crippen molar-refractivity contribution in [1.82, 2.24) is 0 Å². The Morgan fingerprint density at radius 3 is 2.92 bits per heavy atom. The van der Waals surface area contributed by atoms with Crippen molar-refractivity contribution in [2.24, 2.45) is 0 Å². The number of hydrogen-bond donors (Lipinski definition) is 1. The van der Waals surface area contributed by atoms with Crippen molar-refractivity contribution in [3.8, 4) is 0 Å². The van der Waals surface area contributed by atoms with Gasteiger partial charge in [-0.15, -0.1) is 0 Å². The first kappa shape index (κ1) is 8.23. The number of fused-ring (bicyclic) bond motifs is 1. The number of benzene rings is 1. The van der Waals surface area contributed by atoms with Gasteiger partial charge < -0.3 is 0 Å². The van der Waals surface area contributed by atoms with Crippen LogP contribution in [-0.4, -0.2) is 10.1 Å². The summed E-state index contributed by atoms with van der Waals surface area (Å²) in [6.45, 7) is 0. The highest BCUT2D eigenvalue weighted by Gasteiger charge is 2.31. The molecule has 0 heterocycles. The van der Waals surface area contributed by atoms with Gasteiger partial charge in [0.1, 0.15) is 6.10 Å². The minimum atomic E-state index is -0.207. The average molecular weight is 229 g/mol. The summed E-state index contributed by atoms with van der Waals surface area (Å²) in [7, 11) is 0. The highest BCUT2D eigenvalue weighted by atomic mass is 79.9. The third-order valence-electron chi connectivity index (χ3n) is 2.22. The standard InChI is InChI=1S/C9H9BrO2/c10-8-5-6-3-1-2-4-7(6)9(8)12-11/h1-4,8-9,11H,5H2/t8-,9-/m1/s1. The van der Waals surface area contributed by atoms with Crippen LogP contribution in [0.4, 0.5) is 0 Å². The Morgan fingerprint density at radius 1 is 1.42 bits per heavy atom. The molecule has 12 heavy (non-hydrogen) atoms. The zero-order valence-electron chi connectivity index (χ0n) is 6.40. The summed E-state index contributed by atoms with van der Waals surface area (Å²) in [6.07, 6.45) is 0.711. The number of alkyl halides is 1. The molecule has 0 aromatic heterocycles. The van der Waals surface area contributed by atoms with Gasteiger partial charge in [-0.25, -0.2) is 4.89 Å². The highest BCUT2D eigenvalue weighted by Crippen LogP contribution is 2.37. The van der Waals surface area contributed by atoms with Crippen LogP contribution in [0.5, 0.6) is 0 Å². The monoisotopic (exact) mass is 228 g/mol. The summed E-state index contributed by atoms with van der Waals surface area (Å²) in [6, 6.07) is 7.99. The van der Waals surface area contributed by atoms with Crippen molar-refractivity contribution in [3.63, 3.8) is 0 Å². The van der Waals surface area contributed by atoms with Gasteiger partial charge in [0.2, 0.25) is 0 Å². The summed E-state index contributed by atoms with van der Waals surface area (Å²) in [5, 5.41) is 8.65. The number of rotatable bonds is 1. The lowest BCUT2D eigenvalue weighted by Gasteiger charge is -2.09. The topological polar surface area (TPSA) is 29.5 Å². The van der Waals surface area contributed by atoms with E-state index in [1.165, 1.54) is 5.56 Å². The molecule has 0 bridgehead atoms. The van der Waals surface area contributed by atoms with Crippen molar-refractivity contribution in [2.45, 2.75) is 17.4 Å². The van der Waals surface area contributed by atoms with Crippen LogP contribution in [0.25, 0.3) is 0 Å². The van der Waals surface area contributed by atoms with E-state index in [0.717, 1.165) is 12.0 Å². The van der Waals surface area contributed by atoms with Crippen LogP contribution in [0, 0.1) is 0 Å². The zero-order valence-corrected chi connectivity index (χ0v) is 7.99. The van der Waals surface area contributed by atoms with Gasteiger partial charge >= 0.3 is 0 Å². The summed E-state index contributed by atoms with van der Waals surface area (Å²) in [5.41, 5.74) is 2.33. The van der Waals surface area contributed by atoms with E-state index >= 15 is 0 Å². The van der Waals surface area contributed by atoms with Crippen LogP contribution >= 0.6 is 15.9 Å². The molecule has 0 unspecified atom stereocenters. The fourth-order valence-corrected chi connectivity index (χ4v) is 2.36. The first-order valence-corrected chi connectivity index (χ1v) is 4.76. The van der Waals surface area contributed by atoms with Gasteiger partial charge in [0.15, 0.2) is 0 Å². The van der Waals surface area contributed by atoms with Crippen LogP contribution in [0.1, 0.15) is 17.2 Å². The molecule has 0 fully saturated rings. The predicted molar refractivity (Wildman–Crippen MR) is 49.3 cm³/mol. The number of halogens is 1. The minimum Gasteiger partial charge on any atom is -0.251 e. The fourth-order valence-electron chi connectivity index (χ4n) is 1.63. The van der Waals surface area contributed by atoms with Gasteiger partial charge in [-0.2, -0.15) is 0 Å². The van der Waals surface area contributed by atoms with E-state index in [1.807, 2.05) is 18.2 Å². The summed E-state index contributed by atoms with van der Waals surface area (Å²) in [4.78, 5) is 4.60. The summed E-state index contributed by atoms with van der Waals surface area (Å²) in [5.74, 6) is 0. The molecule has 1 aromatic carbocycles. The molecule has 64 valence electrons. The molecule has 2 atom stereocenters. The van der Waals surface area contributed by atoms with Crippen LogP contribution in [0.15, 0.2) is 24.3 Å². The maximum absolute atomic E-state index is 8.65. The molecular weight excluding hydrogens is 220 g/mol. The lowest BCUT2D eigenvalue weighted by molar-refractivity contribution is -0.279. The van der Waals surface area contributed by atoms with Crippen LogP contribution in [0.3, 0.4) is 0 Å². The third kappa shape index (κ3) is 1.18. The summed E-state index contributed by atoms with van der Waals surface area (Å²) < 4.78 is 0. The average Bonchev–Trinajstić information content (AvgIpc) is 2.40. The summed E-state index contributed by atoms with van der Waals surface area (Å²) >= 11 is 3.46. The van der Waals surface area contributed by atoms with E-state index in [-0.39, 0.29) is 10.9 Å². The second-order valence-corrected chi connectivity index (χ2v) is 4.12. The Kier molecular flexibility index (Phi) is 2.17. The van der Waals surface area contributed by atoms with Gasteiger partial charge in [0.05, 0.1) is 4.83 Å². The van der Waals surface area contributed by atoms with Gasteiger partial charge in [-0.3, -0.25) is 5.26 Å². The van der Waals surface area contributed by atoms with E-state index in [9.17, 15) is 0 Å². The second kappa shape index (κ2) is 3.17. The molecule has 0 radical (unpaired) electrons. The Bertz CT molecular complexity index is 288. The Hall–Kier alpha value is -0.380. The van der Waals surface area contributed by atoms with Crippen molar-refractivity contribution in [1.29, 1.82) is 0 Å². The first-order valence-electron chi connectivity index (χ1n) is 3.85. The molecule has 2 rings (SSSR count). The predicted octanol–water partition coefficient (Wildman–Crippen LogP) is 2.54. The molecule has 0 aliphatic heterocycles. The van der Waals surface area contributed by atoms with E-state index < -0.39 is 0 Å². The van der Waals surface area contributed by atoms with Gasteiger partial charge in [-0.05, 0) is 17.5 Å². The van der Waals surface area contributed by atoms with Crippen molar-refractivity contribution in [2.75, 3.05) is 0 Å². The lowest BCUT2D eigenvalue weighted by Crippen LogP contribution is -2.08. The molecule has 1 aromatic rings. The van der Waals surface area contributed by atoms with Gasteiger partial charge in [0.25, 0.3) is 0 Å². The fraction of sp³-hybridized carbons (Fsp3) is 0.333. The van der Waals surface area contributed by atoms with E-state index in [0.29, 0.717) is 0 Å². The van der Waals surface area contributed by atoms with Gasteiger partial charge in [0, 0.05) is 0 Å². The first-order chi connectivity index (χ1) is 5.83. The quantitative estimate of drug-likeness (QED) is 0.455. The normalized spacial score (nSPS) is 27.2. The molecular formula is C9H9BrO2. The molecule has 1 N–H and O–H groups in total. The van der Waals surface area contributed by atoms with Crippen LogP contribution < -0.4 is 0 Å².